The average molecular weight is 461 g/mol. The molecule has 2 rings (SSSR count). The Morgan fingerprint density at radius 3 is 2.54 bits per heavy atom. The van der Waals surface area contributed by atoms with Crippen LogP contribution >= 0.6 is 39.1 Å². The van der Waals surface area contributed by atoms with E-state index in [4.69, 9.17) is 32.7 Å². The Kier molecular flexibility index (Phi) is 9.06. The van der Waals surface area contributed by atoms with E-state index in [0.29, 0.717) is 28.2 Å². The maximum atomic E-state index is 6.06. The molecule has 6 heteroatoms. The summed E-state index contributed by atoms with van der Waals surface area (Å²) >= 11 is 15.6. The second-order valence-corrected chi connectivity index (χ2v) is 7.70. The molecule has 2 aromatic rings. The molecule has 0 fully saturated rings. The largest absolute Gasteiger partial charge is 0.493 e. The van der Waals surface area contributed by atoms with Crippen molar-refractivity contribution < 1.29 is 9.47 Å². The molecule has 142 valence electrons. The zero-order valence-corrected chi connectivity index (χ0v) is 18.2. The number of nitrogens with one attached hydrogen (secondary N) is 1. The van der Waals surface area contributed by atoms with E-state index in [1.807, 2.05) is 12.1 Å². The maximum Gasteiger partial charge on any atom is 0.175 e. The fourth-order valence-electron chi connectivity index (χ4n) is 2.53. The molecular weight excluding hydrogens is 437 g/mol. The highest BCUT2D eigenvalue weighted by atomic mass is 79.9. The topological polar surface area (TPSA) is 30.5 Å². The van der Waals surface area contributed by atoms with E-state index in [1.165, 1.54) is 19.3 Å². The zero-order chi connectivity index (χ0) is 18.9. The Labute approximate surface area is 174 Å². The first kappa shape index (κ1) is 21.4. The number of unbranched alkanes of at least 4 members (excludes halogenated alkanes) is 2. The summed E-state index contributed by atoms with van der Waals surface area (Å²) in [6.07, 6.45) is 3.67. The molecule has 0 aliphatic rings. The monoisotopic (exact) mass is 459 g/mol. The molecule has 0 aliphatic heterocycles. The Morgan fingerprint density at radius 1 is 1.04 bits per heavy atom. The average Bonchev–Trinajstić information content (AvgIpc) is 2.63. The van der Waals surface area contributed by atoms with E-state index >= 15 is 0 Å². The van der Waals surface area contributed by atoms with E-state index in [-0.39, 0.29) is 0 Å². The molecule has 0 saturated heterocycles. The number of hydrogen-bond donors (Lipinski definition) is 1. The van der Waals surface area contributed by atoms with Crippen LogP contribution in [0.5, 0.6) is 11.5 Å². The molecular formula is C20H24BrCl2NO2. The highest BCUT2D eigenvalue weighted by Crippen LogP contribution is 2.37. The minimum Gasteiger partial charge on any atom is -0.493 e. The molecule has 0 amide bonds. The highest BCUT2D eigenvalue weighted by molar-refractivity contribution is 9.10. The second kappa shape index (κ2) is 11.0. The van der Waals surface area contributed by atoms with Gasteiger partial charge in [0.25, 0.3) is 0 Å². The number of benzene rings is 2. The molecule has 3 nitrogen and oxygen atoms in total. The van der Waals surface area contributed by atoms with Gasteiger partial charge in [0, 0.05) is 6.54 Å². The number of hydrogen-bond acceptors (Lipinski definition) is 3. The summed E-state index contributed by atoms with van der Waals surface area (Å²) < 4.78 is 12.3. The molecule has 0 unspecified atom stereocenters. The van der Waals surface area contributed by atoms with E-state index < -0.39 is 0 Å². The summed E-state index contributed by atoms with van der Waals surface area (Å²) in [7, 11) is 1.65. The lowest BCUT2D eigenvalue weighted by molar-refractivity contribution is 0.282. The summed E-state index contributed by atoms with van der Waals surface area (Å²) in [4.78, 5) is 0. The van der Waals surface area contributed by atoms with Crippen molar-refractivity contribution in [3.63, 3.8) is 0 Å². The molecule has 0 radical (unpaired) electrons. The fourth-order valence-corrected chi connectivity index (χ4v) is 3.46. The molecule has 0 saturated carbocycles. The fraction of sp³-hybridized carbons (Fsp3) is 0.400. The first-order valence-corrected chi connectivity index (χ1v) is 10.2. The van der Waals surface area contributed by atoms with Crippen molar-refractivity contribution in [2.24, 2.45) is 0 Å². The molecule has 0 atom stereocenters. The molecule has 0 bridgehead atoms. The molecule has 2 aromatic carbocycles. The van der Waals surface area contributed by atoms with Gasteiger partial charge >= 0.3 is 0 Å². The normalized spacial score (nSPS) is 10.8. The number of rotatable bonds is 10. The highest BCUT2D eigenvalue weighted by Gasteiger charge is 2.12. The predicted molar refractivity (Wildman–Crippen MR) is 113 cm³/mol. The van der Waals surface area contributed by atoms with Crippen molar-refractivity contribution in [3.05, 3.63) is 56.0 Å². The van der Waals surface area contributed by atoms with E-state index in [1.54, 1.807) is 19.2 Å². The molecule has 0 aliphatic carbocycles. The number of halogens is 3. The van der Waals surface area contributed by atoms with Crippen LogP contribution in [0.3, 0.4) is 0 Å². The van der Waals surface area contributed by atoms with E-state index in [9.17, 15) is 0 Å². The van der Waals surface area contributed by atoms with E-state index in [0.717, 1.165) is 28.7 Å². The molecule has 0 aromatic heterocycles. The van der Waals surface area contributed by atoms with Crippen LogP contribution in [0, 0.1) is 0 Å². The maximum absolute atomic E-state index is 6.06. The van der Waals surface area contributed by atoms with Gasteiger partial charge < -0.3 is 14.8 Å². The predicted octanol–water partition coefficient (Wildman–Crippen LogP) is 6.62. The van der Waals surface area contributed by atoms with Crippen LogP contribution < -0.4 is 14.8 Å². The third-order valence-corrected chi connectivity index (χ3v) is 5.27. The van der Waals surface area contributed by atoms with Gasteiger partial charge in [0.2, 0.25) is 0 Å². The Bertz CT molecular complexity index is 725. The van der Waals surface area contributed by atoms with Crippen molar-refractivity contribution in [2.45, 2.75) is 39.3 Å². The molecule has 0 spiro atoms. The number of ether oxygens (including phenoxy) is 2. The third-order valence-electron chi connectivity index (χ3n) is 3.94. The summed E-state index contributed by atoms with van der Waals surface area (Å²) in [6, 6.07) is 9.52. The summed E-state index contributed by atoms with van der Waals surface area (Å²) in [5, 5.41) is 4.51. The molecule has 26 heavy (non-hydrogen) atoms. The summed E-state index contributed by atoms with van der Waals surface area (Å²) in [5.41, 5.74) is 2.09. The van der Waals surface area contributed by atoms with E-state index in [2.05, 4.69) is 34.2 Å². The number of methoxy groups -OCH3 is 1. The Hall–Kier alpha value is -0.940. The smallest absolute Gasteiger partial charge is 0.175 e. The van der Waals surface area contributed by atoms with Gasteiger partial charge in [0.15, 0.2) is 11.5 Å². The minimum atomic E-state index is 0.375. The Morgan fingerprint density at radius 2 is 1.85 bits per heavy atom. The second-order valence-electron chi connectivity index (χ2n) is 6.03. The molecule has 1 N–H and O–H groups in total. The van der Waals surface area contributed by atoms with Crippen LogP contribution in [0.25, 0.3) is 0 Å². The lowest BCUT2D eigenvalue weighted by atomic mass is 10.2. The van der Waals surface area contributed by atoms with Gasteiger partial charge in [-0.1, -0.05) is 49.0 Å². The SMILES string of the molecule is CCCCCNCc1cc(Br)c(OCc2ccc(Cl)c(Cl)c2)c(OC)c1. The first-order chi connectivity index (χ1) is 12.5. The van der Waals surface area contributed by atoms with Crippen molar-refractivity contribution in [1.29, 1.82) is 0 Å². The lowest BCUT2D eigenvalue weighted by Crippen LogP contribution is -2.14. The zero-order valence-electron chi connectivity index (χ0n) is 15.1. The summed E-state index contributed by atoms with van der Waals surface area (Å²) in [5.74, 6) is 1.37. The van der Waals surface area contributed by atoms with Gasteiger partial charge in [-0.05, 0) is 64.3 Å². The van der Waals surface area contributed by atoms with Crippen LogP contribution in [0.15, 0.2) is 34.8 Å². The van der Waals surface area contributed by atoms with Gasteiger partial charge in [-0.3, -0.25) is 0 Å². The van der Waals surface area contributed by atoms with Gasteiger partial charge in [0.05, 0.1) is 21.6 Å². The lowest BCUT2D eigenvalue weighted by Gasteiger charge is -2.15. The Balaban J connectivity index is 2.02. The van der Waals surface area contributed by atoms with Crippen LogP contribution in [0.4, 0.5) is 0 Å². The van der Waals surface area contributed by atoms with Gasteiger partial charge in [-0.25, -0.2) is 0 Å². The molecule has 0 heterocycles. The van der Waals surface area contributed by atoms with Gasteiger partial charge in [0.1, 0.15) is 6.61 Å². The van der Waals surface area contributed by atoms with Crippen molar-refractivity contribution in [1.82, 2.24) is 5.32 Å². The van der Waals surface area contributed by atoms with Crippen LogP contribution in [0.1, 0.15) is 37.3 Å². The van der Waals surface area contributed by atoms with Crippen LogP contribution in [0.2, 0.25) is 10.0 Å². The first-order valence-electron chi connectivity index (χ1n) is 8.69. The van der Waals surface area contributed by atoms with Gasteiger partial charge in [-0.2, -0.15) is 0 Å². The van der Waals surface area contributed by atoms with Crippen LogP contribution in [-0.4, -0.2) is 13.7 Å². The van der Waals surface area contributed by atoms with Crippen molar-refractivity contribution in [3.8, 4) is 11.5 Å². The quantitative estimate of drug-likeness (QED) is 0.404. The van der Waals surface area contributed by atoms with Crippen LogP contribution in [-0.2, 0) is 13.2 Å². The standard InChI is InChI=1S/C20H24BrCl2NO2/c1-3-4-5-8-24-12-15-9-16(21)20(19(11-15)25-2)26-13-14-6-7-17(22)18(23)10-14/h6-7,9-11,24H,3-5,8,12-13H2,1-2H3. The van der Waals surface area contributed by atoms with Gasteiger partial charge in [-0.15, -0.1) is 0 Å². The minimum absolute atomic E-state index is 0.375. The third kappa shape index (κ3) is 6.34. The van der Waals surface area contributed by atoms with Crippen molar-refractivity contribution >= 4 is 39.1 Å². The summed E-state index contributed by atoms with van der Waals surface area (Å²) in [6.45, 7) is 4.40. The van der Waals surface area contributed by atoms with Crippen molar-refractivity contribution in [2.75, 3.05) is 13.7 Å².